The van der Waals surface area contributed by atoms with Gasteiger partial charge in [-0.2, -0.15) is 0 Å². The number of para-hydroxylation sites is 1. The fourth-order valence-electron chi connectivity index (χ4n) is 2.45. The van der Waals surface area contributed by atoms with Gasteiger partial charge in [-0.25, -0.2) is 0 Å². The second-order valence-electron chi connectivity index (χ2n) is 4.82. The van der Waals surface area contributed by atoms with E-state index in [-0.39, 0.29) is 29.0 Å². The van der Waals surface area contributed by atoms with Crippen LogP contribution in [0.4, 0.5) is 0 Å². The summed E-state index contributed by atoms with van der Waals surface area (Å²) in [5, 5.41) is 22.5. The Labute approximate surface area is 112 Å². The molecule has 1 aromatic carbocycles. The van der Waals surface area contributed by atoms with E-state index in [4.69, 9.17) is 0 Å². The molecule has 1 atom stereocenters. The normalized spacial score (nSPS) is 18.5. The summed E-state index contributed by atoms with van der Waals surface area (Å²) >= 11 is 0. The molecule has 0 radical (unpaired) electrons. The first-order chi connectivity index (χ1) is 9.15. The van der Waals surface area contributed by atoms with Crippen molar-refractivity contribution in [2.75, 3.05) is 19.6 Å². The molecule has 1 fully saturated rings. The smallest absolute Gasteiger partial charge is 0.258 e. The molecule has 1 heterocycles. The third-order valence-electron chi connectivity index (χ3n) is 3.45. The minimum atomic E-state index is -0.334. The molecular weight excluding hydrogens is 244 g/mol. The molecule has 0 aliphatic carbocycles. The van der Waals surface area contributed by atoms with Crippen molar-refractivity contribution in [2.45, 2.75) is 25.8 Å². The highest BCUT2D eigenvalue weighted by molar-refractivity contribution is 5.97. The summed E-state index contributed by atoms with van der Waals surface area (Å²) < 4.78 is 0. The monoisotopic (exact) mass is 264 g/mol. The van der Waals surface area contributed by atoms with Gasteiger partial charge in [0.05, 0.1) is 5.56 Å². The van der Waals surface area contributed by atoms with E-state index in [1.165, 1.54) is 6.07 Å². The van der Waals surface area contributed by atoms with Gasteiger partial charge in [0.1, 0.15) is 0 Å². The van der Waals surface area contributed by atoms with Crippen LogP contribution in [0.2, 0.25) is 0 Å². The minimum absolute atomic E-state index is 0.161. The van der Waals surface area contributed by atoms with Crippen LogP contribution in [0.5, 0.6) is 11.5 Å². The van der Waals surface area contributed by atoms with Crippen LogP contribution >= 0.6 is 0 Å². The van der Waals surface area contributed by atoms with Crippen LogP contribution in [0, 0.1) is 0 Å². The zero-order valence-corrected chi connectivity index (χ0v) is 11.1. The van der Waals surface area contributed by atoms with E-state index in [0.717, 1.165) is 25.9 Å². The molecular formula is C14H20N2O3. The van der Waals surface area contributed by atoms with E-state index in [0.29, 0.717) is 6.54 Å². The Morgan fingerprint density at radius 1 is 1.47 bits per heavy atom. The molecule has 0 aromatic heterocycles. The lowest BCUT2D eigenvalue weighted by atomic mass is 10.1. The number of hydrogen-bond acceptors (Lipinski definition) is 4. The van der Waals surface area contributed by atoms with Crippen molar-refractivity contribution in [1.29, 1.82) is 0 Å². The number of aromatic hydroxyl groups is 2. The summed E-state index contributed by atoms with van der Waals surface area (Å²) in [7, 11) is 0. The highest BCUT2D eigenvalue weighted by atomic mass is 16.3. The Morgan fingerprint density at radius 3 is 2.89 bits per heavy atom. The Kier molecular flexibility index (Phi) is 4.27. The van der Waals surface area contributed by atoms with E-state index in [1.54, 1.807) is 17.0 Å². The third kappa shape index (κ3) is 2.81. The highest BCUT2D eigenvalue weighted by Crippen LogP contribution is 2.30. The number of hydrogen-bond donors (Lipinski definition) is 3. The zero-order chi connectivity index (χ0) is 13.8. The minimum Gasteiger partial charge on any atom is -0.504 e. The van der Waals surface area contributed by atoms with E-state index in [1.807, 2.05) is 6.92 Å². The first-order valence-electron chi connectivity index (χ1n) is 6.67. The van der Waals surface area contributed by atoms with Crippen LogP contribution in [-0.2, 0) is 0 Å². The number of nitrogens with zero attached hydrogens (tertiary/aromatic N) is 1. The van der Waals surface area contributed by atoms with Crippen LogP contribution < -0.4 is 5.32 Å². The van der Waals surface area contributed by atoms with Crippen LogP contribution in [0.1, 0.15) is 30.1 Å². The summed E-state index contributed by atoms with van der Waals surface area (Å²) in [5.41, 5.74) is 0.167. The van der Waals surface area contributed by atoms with Crippen LogP contribution in [0.3, 0.4) is 0 Å². The fourth-order valence-corrected chi connectivity index (χ4v) is 2.45. The molecule has 5 nitrogen and oxygen atoms in total. The molecule has 19 heavy (non-hydrogen) atoms. The Balaban J connectivity index is 2.25. The Bertz CT molecular complexity index is 456. The molecule has 2 rings (SSSR count). The van der Waals surface area contributed by atoms with E-state index < -0.39 is 0 Å². The number of rotatable bonds is 4. The number of phenolic OH excluding ortho intramolecular Hbond substituents is 2. The van der Waals surface area contributed by atoms with Crippen LogP contribution in [0.15, 0.2) is 18.2 Å². The van der Waals surface area contributed by atoms with Crippen molar-refractivity contribution in [3.63, 3.8) is 0 Å². The number of nitrogens with one attached hydrogen (secondary N) is 1. The molecule has 5 heteroatoms. The number of phenols is 2. The molecule has 1 unspecified atom stereocenters. The molecule has 1 saturated heterocycles. The number of benzene rings is 1. The van der Waals surface area contributed by atoms with Crippen molar-refractivity contribution >= 4 is 5.91 Å². The topological polar surface area (TPSA) is 72.8 Å². The Morgan fingerprint density at radius 2 is 2.26 bits per heavy atom. The highest BCUT2D eigenvalue weighted by Gasteiger charge is 2.28. The lowest BCUT2D eigenvalue weighted by molar-refractivity contribution is 0.0688. The first kappa shape index (κ1) is 13.7. The predicted octanol–water partition coefficient (Wildman–Crippen LogP) is 1.31. The molecule has 3 N–H and O–H groups in total. The number of carbonyl (C=O) groups is 1. The summed E-state index contributed by atoms with van der Waals surface area (Å²) in [6.07, 6.45) is 1.78. The van der Waals surface area contributed by atoms with Crippen LogP contribution in [0.25, 0.3) is 0 Å². The molecule has 0 spiro atoms. The van der Waals surface area contributed by atoms with Gasteiger partial charge in [0, 0.05) is 19.1 Å². The lowest BCUT2D eigenvalue weighted by Gasteiger charge is -2.28. The second kappa shape index (κ2) is 5.93. The molecule has 1 aliphatic rings. The van der Waals surface area contributed by atoms with Gasteiger partial charge in [-0.3, -0.25) is 4.79 Å². The molecule has 0 saturated carbocycles. The third-order valence-corrected chi connectivity index (χ3v) is 3.45. The fraction of sp³-hybridized carbons (Fsp3) is 0.500. The van der Waals surface area contributed by atoms with E-state index in [9.17, 15) is 15.0 Å². The largest absolute Gasteiger partial charge is 0.504 e. The Hall–Kier alpha value is -1.75. The van der Waals surface area contributed by atoms with E-state index >= 15 is 0 Å². The van der Waals surface area contributed by atoms with E-state index in [2.05, 4.69) is 5.32 Å². The SMILES string of the molecule is CCCN(C(=O)c1cccc(O)c1O)C1CCNC1. The average Bonchev–Trinajstić information content (AvgIpc) is 2.92. The molecule has 1 aliphatic heterocycles. The lowest BCUT2D eigenvalue weighted by Crippen LogP contribution is -2.42. The molecule has 1 amide bonds. The van der Waals surface area contributed by atoms with Gasteiger partial charge in [0.2, 0.25) is 0 Å². The van der Waals surface area contributed by atoms with Crippen LogP contribution in [-0.4, -0.2) is 46.7 Å². The van der Waals surface area contributed by atoms with Crippen molar-refractivity contribution < 1.29 is 15.0 Å². The van der Waals surface area contributed by atoms with Crippen molar-refractivity contribution in [1.82, 2.24) is 10.2 Å². The summed E-state index contributed by atoms with van der Waals surface area (Å²) in [5.74, 6) is -0.810. The van der Waals surface area contributed by atoms with Crippen molar-refractivity contribution in [2.24, 2.45) is 0 Å². The second-order valence-corrected chi connectivity index (χ2v) is 4.82. The molecule has 1 aromatic rings. The quantitative estimate of drug-likeness (QED) is 0.717. The maximum atomic E-state index is 12.5. The predicted molar refractivity (Wildman–Crippen MR) is 72.4 cm³/mol. The summed E-state index contributed by atoms with van der Waals surface area (Å²) in [6.45, 7) is 4.36. The average molecular weight is 264 g/mol. The van der Waals surface area contributed by atoms with Gasteiger partial charge in [-0.1, -0.05) is 13.0 Å². The van der Waals surface area contributed by atoms with Gasteiger partial charge in [-0.15, -0.1) is 0 Å². The maximum Gasteiger partial charge on any atom is 0.258 e. The standard InChI is InChI=1S/C14H20N2O3/c1-2-8-16(10-6-7-15-9-10)14(19)11-4-3-5-12(17)13(11)18/h3-5,10,15,17-18H,2,6-9H2,1H3. The number of amides is 1. The number of carbonyl (C=O) groups excluding carboxylic acids is 1. The maximum absolute atomic E-state index is 12.5. The zero-order valence-electron chi connectivity index (χ0n) is 11.1. The molecule has 104 valence electrons. The molecule has 0 bridgehead atoms. The van der Waals surface area contributed by atoms with Crippen molar-refractivity contribution in [3.8, 4) is 11.5 Å². The first-order valence-corrected chi connectivity index (χ1v) is 6.67. The van der Waals surface area contributed by atoms with Crippen molar-refractivity contribution in [3.05, 3.63) is 23.8 Å². The van der Waals surface area contributed by atoms with Gasteiger partial charge in [0.25, 0.3) is 5.91 Å². The van der Waals surface area contributed by atoms with Gasteiger partial charge in [0.15, 0.2) is 11.5 Å². The van der Waals surface area contributed by atoms with Gasteiger partial charge in [-0.05, 0) is 31.5 Å². The van der Waals surface area contributed by atoms with Gasteiger partial charge < -0.3 is 20.4 Å². The van der Waals surface area contributed by atoms with Gasteiger partial charge >= 0.3 is 0 Å². The summed E-state index contributed by atoms with van der Waals surface area (Å²) in [6, 6.07) is 4.64. The summed E-state index contributed by atoms with van der Waals surface area (Å²) in [4.78, 5) is 14.3.